The molecule has 2 aromatic carbocycles. The Labute approximate surface area is 177 Å². The fraction of sp³-hybridized carbons (Fsp3) is 0.292. The smallest absolute Gasteiger partial charge is 0.307 e. The van der Waals surface area contributed by atoms with Crippen molar-refractivity contribution in [2.24, 2.45) is 5.10 Å². The minimum atomic E-state index is -0.266. The van der Waals surface area contributed by atoms with Crippen molar-refractivity contribution in [1.29, 1.82) is 5.41 Å². The maximum absolute atomic E-state index is 11.8. The summed E-state index contributed by atoms with van der Waals surface area (Å²) >= 11 is 0. The third-order valence-corrected chi connectivity index (χ3v) is 4.22. The molecule has 0 heterocycles. The third-order valence-electron chi connectivity index (χ3n) is 4.22. The van der Waals surface area contributed by atoms with Crippen LogP contribution >= 0.6 is 0 Å². The predicted molar refractivity (Wildman–Crippen MR) is 120 cm³/mol. The molecule has 2 N–H and O–H groups in total. The summed E-state index contributed by atoms with van der Waals surface area (Å²) in [6, 6.07) is 16.9. The zero-order valence-corrected chi connectivity index (χ0v) is 17.6. The Morgan fingerprint density at radius 3 is 2.50 bits per heavy atom. The van der Waals surface area contributed by atoms with Gasteiger partial charge in [-0.3, -0.25) is 15.6 Å². The van der Waals surface area contributed by atoms with Crippen LogP contribution in [0.5, 0.6) is 5.75 Å². The summed E-state index contributed by atoms with van der Waals surface area (Å²) in [6.07, 6.45) is 0.212. The zero-order chi connectivity index (χ0) is 21.8. The molecule has 1 unspecified atom stereocenters. The fourth-order valence-corrected chi connectivity index (χ4v) is 2.60. The van der Waals surface area contributed by atoms with Crippen LogP contribution in [0.4, 0.5) is 5.69 Å². The van der Waals surface area contributed by atoms with Gasteiger partial charge in [-0.15, -0.1) is 5.92 Å². The van der Waals surface area contributed by atoms with Gasteiger partial charge in [-0.25, -0.2) is 0 Å². The summed E-state index contributed by atoms with van der Waals surface area (Å²) in [4.78, 5) is 11.8. The lowest BCUT2D eigenvalue weighted by Gasteiger charge is -2.12. The molecule has 0 aliphatic heterocycles. The highest BCUT2D eigenvalue weighted by atomic mass is 16.5. The number of hydrogen-bond donors (Lipinski definition) is 2. The Hall–Kier alpha value is -3.59. The van der Waals surface area contributed by atoms with Gasteiger partial charge < -0.3 is 9.47 Å². The van der Waals surface area contributed by atoms with Crippen molar-refractivity contribution in [3.8, 4) is 17.6 Å². The molecule has 6 heteroatoms. The van der Waals surface area contributed by atoms with Gasteiger partial charge in [-0.1, -0.05) is 36.3 Å². The molecule has 0 radical (unpaired) electrons. The number of benzene rings is 2. The first kappa shape index (κ1) is 22.7. The second kappa shape index (κ2) is 12.1. The highest BCUT2D eigenvalue weighted by Gasteiger charge is 2.15. The van der Waals surface area contributed by atoms with Crippen LogP contribution in [0.2, 0.25) is 0 Å². The SMILES string of the molecule is CC#CC(CC(=O)OCC)c1ccc(OCC(=N)/C(C)=N\Nc2ccccc2)cc1. The van der Waals surface area contributed by atoms with E-state index in [9.17, 15) is 4.79 Å². The fourth-order valence-electron chi connectivity index (χ4n) is 2.60. The zero-order valence-electron chi connectivity index (χ0n) is 17.6. The molecule has 0 bridgehead atoms. The van der Waals surface area contributed by atoms with Crippen molar-refractivity contribution in [2.45, 2.75) is 33.1 Å². The van der Waals surface area contributed by atoms with Gasteiger partial charge in [0.25, 0.3) is 0 Å². The molecular formula is C24H27N3O3. The molecule has 6 nitrogen and oxygen atoms in total. The monoisotopic (exact) mass is 405 g/mol. The lowest BCUT2D eigenvalue weighted by molar-refractivity contribution is -0.143. The molecule has 0 aliphatic carbocycles. The highest BCUT2D eigenvalue weighted by Crippen LogP contribution is 2.22. The van der Waals surface area contributed by atoms with E-state index >= 15 is 0 Å². The summed E-state index contributed by atoms with van der Waals surface area (Å²) in [7, 11) is 0. The van der Waals surface area contributed by atoms with E-state index in [0.717, 1.165) is 11.3 Å². The van der Waals surface area contributed by atoms with Gasteiger partial charge in [0.1, 0.15) is 12.4 Å². The van der Waals surface area contributed by atoms with E-state index in [0.29, 0.717) is 18.1 Å². The molecule has 0 aromatic heterocycles. The molecule has 2 rings (SSSR count). The Kier molecular flexibility index (Phi) is 9.14. The number of ether oxygens (including phenoxy) is 2. The number of carbonyl (C=O) groups is 1. The topological polar surface area (TPSA) is 83.8 Å². The first-order chi connectivity index (χ1) is 14.5. The van der Waals surface area contributed by atoms with Crippen LogP contribution in [0, 0.1) is 17.3 Å². The minimum Gasteiger partial charge on any atom is -0.487 e. The van der Waals surface area contributed by atoms with Crippen LogP contribution in [0.1, 0.15) is 38.7 Å². The summed E-state index contributed by atoms with van der Waals surface area (Å²) in [5, 5.41) is 12.3. The van der Waals surface area contributed by atoms with Crippen molar-refractivity contribution in [2.75, 3.05) is 18.6 Å². The molecule has 30 heavy (non-hydrogen) atoms. The lowest BCUT2D eigenvalue weighted by Crippen LogP contribution is -2.19. The number of anilines is 1. The van der Waals surface area contributed by atoms with Crippen LogP contribution in [0.25, 0.3) is 0 Å². The molecule has 156 valence electrons. The van der Waals surface area contributed by atoms with E-state index in [-0.39, 0.29) is 30.6 Å². The number of esters is 1. The molecule has 0 fully saturated rings. The number of para-hydroxylation sites is 1. The third kappa shape index (κ3) is 7.44. The second-order valence-corrected chi connectivity index (χ2v) is 6.47. The van der Waals surface area contributed by atoms with Gasteiger partial charge >= 0.3 is 5.97 Å². The Morgan fingerprint density at radius 2 is 1.87 bits per heavy atom. The van der Waals surface area contributed by atoms with Gasteiger partial charge in [0.2, 0.25) is 0 Å². The maximum atomic E-state index is 11.8. The van der Waals surface area contributed by atoms with Crippen LogP contribution in [0.15, 0.2) is 59.7 Å². The van der Waals surface area contributed by atoms with Crippen molar-refractivity contribution in [1.82, 2.24) is 0 Å². The predicted octanol–water partition coefficient (Wildman–Crippen LogP) is 4.63. The number of rotatable bonds is 10. The van der Waals surface area contributed by atoms with Crippen LogP contribution in [-0.4, -0.2) is 30.6 Å². The lowest BCUT2D eigenvalue weighted by atomic mass is 9.96. The number of carbonyl (C=O) groups excluding carboxylic acids is 1. The van der Waals surface area contributed by atoms with Gasteiger partial charge in [0, 0.05) is 0 Å². The minimum absolute atomic E-state index is 0.103. The standard InChI is InChI=1S/C24H27N3O3/c1-4-9-20(16-24(28)29-5-2)19-12-14-22(15-13-19)30-17-23(25)18(3)26-27-21-10-7-6-8-11-21/h6-8,10-15,20,25,27H,5,16-17H2,1-3H3/b25-23?,26-18-. The van der Waals surface area contributed by atoms with Crippen molar-refractivity contribution >= 4 is 23.1 Å². The van der Waals surface area contributed by atoms with E-state index in [1.54, 1.807) is 20.8 Å². The number of hydrazone groups is 1. The average molecular weight is 405 g/mol. The first-order valence-electron chi connectivity index (χ1n) is 9.77. The maximum Gasteiger partial charge on any atom is 0.307 e. The van der Waals surface area contributed by atoms with E-state index < -0.39 is 0 Å². The molecular weight excluding hydrogens is 378 g/mol. The Morgan fingerprint density at radius 1 is 1.17 bits per heavy atom. The summed E-state index contributed by atoms with van der Waals surface area (Å²) in [5.41, 5.74) is 5.52. The summed E-state index contributed by atoms with van der Waals surface area (Å²) in [5.74, 6) is 6.06. The highest BCUT2D eigenvalue weighted by molar-refractivity contribution is 6.41. The average Bonchev–Trinajstić information content (AvgIpc) is 2.76. The van der Waals surface area contributed by atoms with E-state index in [1.807, 2.05) is 54.6 Å². The molecule has 1 atom stereocenters. The van der Waals surface area contributed by atoms with Gasteiger partial charge in [0.05, 0.1) is 36.1 Å². The van der Waals surface area contributed by atoms with E-state index in [4.69, 9.17) is 14.9 Å². The van der Waals surface area contributed by atoms with Crippen molar-refractivity contribution < 1.29 is 14.3 Å². The van der Waals surface area contributed by atoms with Crippen molar-refractivity contribution in [3.05, 3.63) is 60.2 Å². The molecule has 0 amide bonds. The first-order valence-corrected chi connectivity index (χ1v) is 9.77. The van der Waals surface area contributed by atoms with E-state index in [1.165, 1.54) is 0 Å². The van der Waals surface area contributed by atoms with Gasteiger partial charge in [-0.2, -0.15) is 5.10 Å². The number of nitrogens with zero attached hydrogens (tertiary/aromatic N) is 1. The second-order valence-electron chi connectivity index (χ2n) is 6.47. The molecule has 0 spiro atoms. The van der Waals surface area contributed by atoms with Crippen LogP contribution < -0.4 is 10.2 Å². The van der Waals surface area contributed by atoms with Gasteiger partial charge in [-0.05, 0) is 50.6 Å². The Bertz CT molecular complexity index is 926. The molecule has 0 saturated carbocycles. The van der Waals surface area contributed by atoms with Crippen LogP contribution in [-0.2, 0) is 9.53 Å². The quantitative estimate of drug-likeness (QED) is 0.261. The number of nitrogens with one attached hydrogen (secondary N) is 2. The summed E-state index contributed by atoms with van der Waals surface area (Å²) < 4.78 is 10.7. The molecule has 2 aromatic rings. The largest absolute Gasteiger partial charge is 0.487 e. The summed E-state index contributed by atoms with van der Waals surface area (Å²) in [6.45, 7) is 5.75. The van der Waals surface area contributed by atoms with Crippen LogP contribution in [0.3, 0.4) is 0 Å². The molecule has 0 aliphatic rings. The van der Waals surface area contributed by atoms with E-state index in [2.05, 4.69) is 22.4 Å². The molecule has 0 saturated heterocycles. The normalized spacial score (nSPS) is 11.6. The van der Waals surface area contributed by atoms with Gasteiger partial charge in [0.15, 0.2) is 0 Å². The number of hydrogen-bond acceptors (Lipinski definition) is 6. The van der Waals surface area contributed by atoms with Crippen molar-refractivity contribution in [3.63, 3.8) is 0 Å². The Balaban J connectivity index is 1.91.